The number of ether oxygens (including phenoxy) is 2. The third-order valence-corrected chi connectivity index (χ3v) is 5.99. The van der Waals surface area contributed by atoms with Crippen LogP contribution >= 0.6 is 0 Å². The lowest BCUT2D eigenvalue weighted by molar-refractivity contribution is -0.0512. The molecule has 3 rings (SSSR count). The molecule has 2 N–H and O–H groups in total. The minimum absolute atomic E-state index is 0.0788. The Labute approximate surface area is 190 Å². The molecule has 0 radical (unpaired) electrons. The topological polar surface area (TPSA) is 93.7 Å². The molecule has 0 saturated carbocycles. The summed E-state index contributed by atoms with van der Waals surface area (Å²) in [5, 5.41) is 2.73. The van der Waals surface area contributed by atoms with E-state index >= 15 is 0 Å². The van der Waals surface area contributed by atoms with Gasteiger partial charge < -0.3 is 14.8 Å². The van der Waals surface area contributed by atoms with Crippen molar-refractivity contribution < 1.29 is 31.5 Å². The number of sulfonamides is 1. The van der Waals surface area contributed by atoms with E-state index in [1.807, 2.05) is 0 Å². The fourth-order valence-corrected chi connectivity index (χ4v) is 4.07. The summed E-state index contributed by atoms with van der Waals surface area (Å²) in [5.74, 6) is -0.249. The first-order valence-corrected chi connectivity index (χ1v) is 11.3. The standard InChI is InChI=1S/C23H22F2N2O5S/c1-31-20-12-7-16(15-21(20)32-23(24)25)13-14-26-22(28)17-8-10-18(11-9-17)27-33(29,30)19-5-3-2-4-6-19/h2-12,15,23,27H,13-14H2,1H3,(H,26,28). The molecule has 0 bridgehead atoms. The molecule has 10 heteroatoms. The summed E-state index contributed by atoms with van der Waals surface area (Å²) in [6.07, 6.45) is 0.379. The zero-order valence-electron chi connectivity index (χ0n) is 17.6. The summed E-state index contributed by atoms with van der Waals surface area (Å²) in [4.78, 5) is 12.5. The minimum Gasteiger partial charge on any atom is -0.493 e. The second-order valence-electron chi connectivity index (χ2n) is 6.87. The molecule has 1 amide bonds. The van der Waals surface area contributed by atoms with Crippen molar-refractivity contribution in [3.63, 3.8) is 0 Å². The zero-order valence-corrected chi connectivity index (χ0v) is 18.4. The molecule has 0 aliphatic heterocycles. The maximum atomic E-state index is 12.5. The molecule has 7 nitrogen and oxygen atoms in total. The van der Waals surface area contributed by atoms with Crippen molar-refractivity contribution in [1.29, 1.82) is 0 Å². The number of benzene rings is 3. The number of carbonyl (C=O) groups is 1. The van der Waals surface area contributed by atoms with Gasteiger partial charge in [0.05, 0.1) is 12.0 Å². The van der Waals surface area contributed by atoms with Gasteiger partial charge in [-0.25, -0.2) is 8.42 Å². The quantitative estimate of drug-likeness (QED) is 0.460. The highest BCUT2D eigenvalue weighted by Gasteiger charge is 2.14. The second-order valence-corrected chi connectivity index (χ2v) is 8.55. The predicted molar refractivity (Wildman–Crippen MR) is 119 cm³/mol. The van der Waals surface area contributed by atoms with Crippen LogP contribution in [0.5, 0.6) is 11.5 Å². The number of anilines is 1. The van der Waals surface area contributed by atoms with Crippen LogP contribution in [0.3, 0.4) is 0 Å². The van der Waals surface area contributed by atoms with Crippen LogP contribution in [0, 0.1) is 0 Å². The van der Waals surface area contributed by atoms with Crippen LogP contribution in [-0.2, 0) is 16.4 Å². The lowest BCUT2D eigenvalue weighted by Gasteiger charge is -2.12. The van der Waals surface area contributed by atoms with Crippen molar-refractivity contribution in [3.05, 3.63) is 83.9 Å². The van der Waals surface area contributed by atoms with Gasteiger partial charge in [0.1, 0.15) is 0 Å². The summed E-state index contributed by atoms with van der Waals surface area (Å²) < 4.78 is 61.7. The van der Waals surface area contributed by atoms with E-state index in [0.29, 0.717) is 23.2 Å². The van der Waals surface area contributed by atoms with Crippen LogP contribution in [0.15, 0.2) is 77.7 Å². The SMILES string of the molecule is COc1ccc(CCNC(=O)c2ccc(NS(=O)(=O)c3ccccc3)cc2)cc1OC(F)F. The predicted octanol–water partition coefficient (Wildman–Crippen LogP) is 4.07. The van der Waals surface area contributed by atoms with Gasteiger partial charge in [0, 0.05) is 17.8 Å². The highest BCUT2D eigenvalue weighted by Crippen LogP contribution is 2.29. The fourth-order valence-electron chi connectivity index (χ4n) is 2.99. The molecule has 33 heavy (non-hydrogen) atoms. The van der Waals surface area contributed by atoms with Gasteiger partial charge >= 0.3 is 6.61 Å². The lowest BCUT2D eigenvalue weighted by Crippen LogP contribution is -2.25. The number of carbonyl (C=O) groups excluding carboxylic acids is 1. The Morgan fingerprint density at radius 3 is 2.30 bits per heavy atom. The van der Waals surface area contributed by atoms with Gasteiger partial charge in [0.15, 0.2) is 11.5 Å². The Kier molecular flexibility index (Phi) is 7.83. The van der Waals surface area contributed by atoms with Crippen molar-refractivity contribution in [2.75, 3.05) is 18.4 Å². The summed E-state index contributed by atoms with van der Waals surface area (Å²) in [7, 11) is -2.37. The molecule has 0 saturated heterocycles. The van der Waals surface area contributed by atoms with Gasteiger partial charge in [-0.3, -0.25) is 9.52 Å². The molecule has 3 aromatic rings. The molecule has 0 aliphatic rings. The van der Waals surface area contributed by atoms with Crippen LogP contribution in [0.4, 0.5) is 14.5 Å². The highest BCUT2D eigenvalue weighted by atomic mass is 32.2. The summed E-state index contributed by atoms with van der Waals surface area (Å²) in [6, 6.07) is 18.6. The van der Waals surface area contributed by atoms with Crippen molar-refractivity contribution >= 4 is 21.6 Å². The van der Waals surface area contributed by atoms with Crippen molar-refractivity contribution in [2.24, 2.45) is 0 Å². The number of amides is 1. The average molecular weight is 477 g/mol. The Hall–Kier alpha value is -3.66. The molecule has 174 valence electrons. The van der Waals surface area contributed by atoms with Crippen LogP contribution in [0.25, 0.3) is 0 Å². The van der Waals surface area contributed by atoms with Gasteiger partial charge in [0.2, 0.25) is 0 Å². The van der Waals surface area contributed by atoms with Gasteiger partial charge in [-0.05, 0) is 60.5 Å². The number of hydrogen-bond donors (Lipinski definition) is 2. The summed E-state index contributed by atoms with van der Waals surface area (Å²) in [5.41, 5.74) is 1.34. The molecule has 0 unspecified atom stereocenters. The molecular formula is C23H22F2N2O5S. The van der Waals surface area contributed by atoms with E-state index in [-0.39, 0.29) is 28.8 Å². The number of hydrogen-bond acceptors (Lipinski definition) is 5. The van der Waals surface area contributed by atoms with Gasteiger partial charge in [-0.1, -0.05) is 24.3 Å². The van der Waals surface area contributed by atoms with E-state index in [2.05, 4.69) is 14.8 Å². The third kappa shape index (κ3) is 6.66. The third-order valence-electron chi connectivity index (χ3n) is 4.60. The second kappa shape index (κ2) is 10.8. The van der Waals surface area contributed by atoms with Crippen LogP contribution in [0.2, 0.25) is 0 Å². The number of nitrogens with one attached hydrogen (secondary N) is 2. The fraction of sp³-hybridized carbons (Fsp3) is 0.174. The smallest absolute Gasteiger partial charge is 0.387 e. The Morgan fingerprint density at radius 2 is 1.67 bits per heavy atom. The molecule has 0 aliphatic carbocycles. The minimum atomic E-state index is -3.72. The molecule has 0 atom stereocenters. The van der Waals surface area contributed by atoms with Crippen LogP contribution in [-0.4, -0.2) is 34.6 Å². The average Bonchev–Trinajstić information content (AvgIpc) is 2.79. The van der Waals surface area contributed by atoms with E-state index < -0.39 is 16.6 Å². The van der Waals surface area contributed by atoms with Crippen molar-refractivity contribution in [3.8, 4) is 11.5 Å². The Morgan fingerprint density at radius 1 is 0.970 bits per heavy atom. The van der Waals surface area contributed by atoms with Gasteiger partial charge in [0.25, 0.3) is 15.9 Å². The molecule has 3 aromatic carbocycles. The maximum Gasteiger partial charge on any atom is 0.387 e. The molecule has 0 aromatic heterocycles. The normalized spacial score (nSPS) is 11.2. The summed E-state index contributed by atoms with van der Waals surface area (Å²) >= 11 is 0. The zero-order chi connectivity index (χ0) is 23.8. The largest absolute Gasteiger partial charge is 0.493 e. The number of alkyl halides is 2. The number of rotatable bonds is 10. The Balaban J connectivity index is 1.56. The first-order valence-electron chi connectivity index (χ1n) is 9.86. The van der Waals surface area contributed by atoms with E-state index in [4.69, 9.17) is 4.74 Å². The number of halogens is 2. The Bertz CT molecular complexity index is 1190. The molecule has 0 fully saturated rings. The first-order chi connectivity index (χ1) is 15.8. The van der Waals surface area contributed by atoms with E-state index in [0.717, 1.165) is 0 Å². The van der Waals surface area contributed by atoms with E-state index in [9.17, 15) is 22.0 Å². The van der Waals surface area contributed by atoms with E-state index in [1.54, 1.807) is 24.3 Å². The molecular weight excluding hydrogens is 454 g/mol. The molecule has 0 heterocycles. The van der Waals surface area contributed by atoms with Crippen LogP contribution in [0.1, 0.15) is 15.9 Å². The van der Waals surface area contributed by atoms with Gasteiger partial charge in [-0.15, -0.1) is 0 Å². The number of methoxy groups -OCH3 is 1. The molecule has 0 spiro atoms. The summed E-state index contributed by atoms with van der Waals surface area (Å²) in [6.45, 7) is -2.73. The van der Waals surface area contributed by atoms with Crippen LogP contribution < -0.4 is 19.5 Å². The van der Waals surface area contributed by atoms with Crippen molar-refractivity contribution in [1.82, 2.24) is 5.32 Å². The van der Waals surface area contributed by atoms with Gasteiger partial charge in [-0.2, -0.15) is 8.78 Å². The van der Waals surface area contributed by atoms with E-state index in [1.165, 1.54) is 55.6 Å². The maximum absolute atomic E-state index is 12.5. The monoisotopic (exact) mass is 476 g/mol. The lowest BCUT2D eigenvalue weighted by atomic mass is 10.1. The van der Waals surface area contributed by atoms with Crippen molar-refractivity contribution in [2.45, 2.75) is 17.9 Å². The first kappa shape index (κ1) is 24.0. The highest BCUT2D eigenvalue weighted by molar-refractivity contribution is 7.92.